The van der Waals surface area contributed by atoms with Gasteiger partial charge in [-0.2, -0.15) is 0 Å². The van der Waals surface area contributed by atoms with E-state index in [1.165, 1.54) is 5.57 Å². The topological polar surface area (TPSA) is 108 Å². The number of hydrogen-bond acceptors (Lipinski definition) is 7. The Balaban J connectivity index is 1.91. The number of epoxide rings is 1. The Labute approximate surface area is 197 Å². The molecule has 1 aliphatic heterocycles. The van der Waals surface area contributed by atoms with Crippen LogP contribution in [0.25, 0.3) is 0 Å². The number of nitrogens with one attached hydrogen (secondary N) is 2. The van der Waals surface area contributed by atoms with Gasteiger partial charge in [-0.05, 0) is 61.3 Å². The van der Waals surface area contributed by atoms with Crippen molar-refractivity contribution in [2.24, 2.45) is 5.92 Å². The molecule has 0 aromatic carbocycles. The van der Waals surface area contributed by atoms with E-state index >= 15 is 0 Å². The number of amides is 2. The van der Waals surface area contributed by atoms with Crippen molar-refractivity contribution >= 4 is 12.2 Å². The number of alkyl carbamates (subject to hydrolysis) is 2. The zero-order chi connectivity index (χ0) is 24.9. The molecule has 2 amide bonds. The highest BCUT2D eigenvalue weighted by atomic mass is 16.6. The van der Waals surface area contributed by atoms with Gasteiger partial charge in [0.2, 0.25) is 0 Å². The van der Waals surface area contributed by atoms with E-state index in [0.29, 0.717) is 19.6 Å². The minimum Gasteiger partial charge on any atom is -0.444 e. The van der Waals surface area contributed by atoms with Crippen molar-refractivity contribution in [1.82, 2.24) is 10.6 Å². The summed E-state index contributed by atoms with van der Waals surface area (Å²) in [6.45, 7) is 15.1. The lowest BCUT2D eigenvalue weighted by molar-refractivity contribution is -0.172. The van der Waals surface area contributed by atoms with Crippen LogP contribution in [-0.4, -0.2) is 74.6 Å². The molecule has 0 radical (unpaired) electrons. The van der Waals surface area contributed by atoms with Crippen LogP contribution in [0.15, 0.2) is 11.6 Å². The summed E-state index contributed by atoms with van der Waals surface area (Å²) in [5.74, 6) is -0.0963. The molecular formula is C24H42N2O7. The normalized spacial score (nSPS) is 27.0. The minimum absolute atomic E-state index is 0.0963. The summed E-state index contributed by atoms with van der Waals surface area (Å²) in [5, 5.41) is 5.27. The molecule has 1 saturated heterocycles. The van der Waals surface area contributed by atoms with E-state index in [1.54, 1.807) is 27.9 Å². The van der Waals surface area contributed by atoms with Gasteiger partial charge in [0.15, 0.2) is 0 Å². The van der Waals surface area contributed by atoms with Gasteiger partial charge in [0.1, 0.15) is 17.8 Å². The lowest BCUT2D eigenvalue weighted by Crippen LogP contribution is -2.59. The number of hydrogen-bond donors (Lipinski definition) is 2. The predicted octanol–water partition coefficient (Wildman–Crippen LogP) is 3.56. The second-order valence-electron chi connectivity index (χ2n) is 10.6. The van der Waals surface area contributed by atoms with E-state index in [1.807, 2.05) is 33.8 Å². The molecule has 2 N–H and O–H groups in total. The Hall–Kier alpha value is -1.84. The van der Waals surface area contributed by atoms with Crippen LogP contribution in [-0.2, 0) is 23.7 Å². The van der Waals surface area contributed by atoms with E-state index in [4.69, 9.17) is 23.7 Å². The lowest BCUT2D eigenvalue weighted by atomic mass is 9.68. The molecule has 190 valence electrons. The molecule has 0 bridgehead atoms. The largest absolute Gasteiger partial charge is 0.444 e. The first-order chi connectivity index (χ1) is 15.3. The van der Waals surface area contributed by atoms with Gasteiger partial charge < -0.3 is 34.3 Å². The number of ether oxygens (including phenoxy) is 5. The maximum absolute atomic E-state index is 12.4. The van der Waals surface area contributed by atoms with Crippen molar-refractivity contribution in [2.75, 3.05) is 33.4 Å². The van der Waals surface area contributed by atoms with Crippen LogP contribution in [0.5, 0.6) is 0 Å². The van der Waals surface area contributed by atoms with Gasteiger partial charge in [-0.15, -0.1) is 0 Å². The van der Waals surface area contributed by atoms with Crippen LogP contribution >= 0.6 is 0 Å². The molecule has 1 heterocycles. The standard InChI is InChI=1S/C24H42N2O7/c1-16(2)10-14-30-23(6,7)19-18(29-8)17(9-11-24(19)15-31-24)32-20(27)25-12-13-26-21(28)33-22(3,4)5/h10,17-19H,9,11-15H2,1-8H3,(H,25,27)(H,26,28). The number of carbonyl (C=O) groups excluding carboxylic acids is 2. The van der Waals surface area contributed by atoms with Crippen LogP contribution in [0.2, 0.25) is 0 Å². The quantitative estimate of drug-likeness (QED) is 0.301. The van der Waals surface area contributed by atoms with E-state index < -0.39 is 29.5 Å². The molecule has 0 aromatic rings. The zero-order valence-corrected chi connectivity index (χ0v) is 21.4. The van der Waals surface area contributed by atoms with Crippen LogP contribution in [0.4, 0.5) is 9.59 Å². The van der Waals surface area contributed by atoms with Gasteiger partial charge in [0.25, 0.3) is 0 Å². The van der Waals surface area contributed by atoms with Crippen molar-refractivity contribution in [3.63, 3.8) is 0 Å². The highest BCUT2D eigenvalue weighted by Gasteiger charge is 2.64. The van der Waals surface area contributed by atoms with Crippen molar-refractivity contribution in [3.8, 4) is 0 Å². The summed E-state index contributed by atoms with van der Waals surface area (Å²) in [6.07, 6.45) is 1.57. The van der Waals surface area contributed by atoms with Crippen molar-refractivity contribution in [3.05, 3.63) is 11.6 Å². The molecule has 33 heavy (non-hydrogen) atoms. The van der Waals surface area contributed by atoms with Gasteiger partial charge in [-0.1, -0.05) is 11.6 Å². The molecule has 2 aliphatic rings. The Kier molecular flexibility index (Phi) is 9.18. The van der Waals surface area contributed by atoms with E-state index in [-0.39, 0.29) is 30.7 Å². The fraction of sp³-hybridized carbons (Fsp3) is 0.833. The van der Waals surface area contributed by atoms with Gasteiger partial charge in [0.05, 0.1) is 24.4 Å². The first kappa shape index (κ1) is 27.4. The predicted molar refractivity (Wildman–Crippen MR) is 124 cm³/mol. The molecule has 1 saturated carbocycles. The summed E-state index contributed by atoms with van der Waals surface area (Å²) >= 11 is 0. The van der Waals surface area contributed by atoms with Crippen molar-refractivity contribution < 1.29 is 33.3 Å². The van der Waals surface area contributed by atoms with Crippen LogP contribution < -0.4 is 10.6 Å². The molecule has 4 atom stereocenters. The van der Waals surface area contributed by atoms with Crippen LogP contribution in [0, 0.1) is 5.92 Å². The highest BCUT2D eigenvalue weighted by molar-refractivity contribution is 5.69. The first-order valence-corrected chi connectivity index (χ1v) is 11.6. The van der Waals surface area contributed by atoms with E-state index in [9.17, 15) is 9.59 Å². The average Bonchev–Trinajstić information content (AvgIpc) is 3.44. The second kappa shape index (κ2) is 11.1. The van der Waals surface area contributed by atoms with Crippen LogP contribution in [0.1, 0.15) is 61.3 Å². The number of allylic oxidation sites excluding steroid dienone is 1. The maximum atomic E-state index is 12.4. The third kappa shape index (κ3) is 8.15. The number of rotatable bonds is 9. The monoisotopic (exact) mass is 470 g/mol. The fourth-order valence-corrected chi connectivity index (χ4v) is 4.42. The summed E-state index contributed by atoms with van der Waals surface area (Å²) in [7, 11) is 1.63. The summed E-state index contributed by atoms with van der Waals surface area (Å²) in [4.78, 5) is 24.1. The van der Waals surface area contributed by atoms with Crippen molar-refractivity contribution in [1.29, 1.82) is 0 Å². The minimum atomic E-state index is -0.574. The molecule has 0 aromatic heterocycles. The summed E-state index contributed by atoms with van der Waals surface area (Å²) in [6, 6.07) is 0. The van der Waals surface area contributed by atoms with Gasteiger partial charge >= 0.3 is 12.2 Å². The maximum Gasteiger partial charge on any atom is 0.407 e. The Morgan fingerprint density at radius 3 is 2.21 bits per heavy atom. The molecule has 9 heteroatoms. The number of carbonyl (C=O) groups is 2. The first-order valence-electron chi connectivity index (χ1n) is 11.6. The smallest absolute Gasteiger partial charge is 0.407 e. The lowest BCUT2D eigenvalue weighted by Gasteiger charge is -2.47. The third-order valence-electron chi connectivity index (χ3n) is 5.92. The molecule has 2 fully saturated rings. The van der Waals surface area contributed by atoms with Gasteiger partial charge in [-0.25, -0.2) is 9.59 Å². The number of methoxy groups -OCH3 is 1. The zero-order valence-electron chi connectivity index (χ0n) is 21.4. The Morgan fingerprint density at radius 2 is 1.70 bits per heavy atom. The van der Waals surface area contributed by atoms with Crippen molar-refractivity contribution in [2.45, 2.75) is 90.3 Å². The Bertz CT molecular complexity index is 706. The molecule has 1 spiro atoms. The fourth-order valence-electron chi connectivity index (χ4n) is 4.42. The molecule has 4 unspecified atom stereocenters. The third-order valence-corrected chi connectivity index (χ3v) is 5.92. The Morgan fingerprint density at radius 1 is 1.09 bits per heavy atom. The summed E-state index contributed by atoms with van der Waals surface area (Å²) < 4.78 is 28.9. The highest BCUT2D eigenvalue weighted by Crippen LogP contribution is 2.52. The van der Waals surface area contributed by atoms with Crippen LogP contribution in [0.3, 0.4) is 0 Å². The average molecular weight is 471 g/mol. The van der Waals surface area contributed by atoms with E-state index in [0.717, 1.165) is 6.42 Å². The molecular weight excluding hydrogens is 428 g/mol. The molecule has 9 nitrogen and oxygen atoms in total. The molecule has 1 aliphatic carbocycles. The second-order valence-corrected chi connectivity index (χ2v) is 10.6. The van der Waals surface area contributed by atoms with E-state index in [2.05, 4.69) is 10.6 Å². The summed E-state index contributed by atoms with van der Waals surface area (Å²) in [5.41, 5.74) is -0.231. The van der Waals surface area contributed by atoms with Gasteiger partial charge in [0, 0.05) is 26.1 Å². The SMILES string of the molecule is COC1C(OC(=O)NCCNC(=O)OC(C)(C)C)CCC2(CO2)C1C(C)(C)OCC=C(C)C. The molecule has 2 rings (SSSR count). The van der Waals surface area contributed by atoms with Gasteiger partial charge in [-0.3, -0.25) is 0 Å².